The van der Waals surface area contributed by atoms with Gasteiger partial charge in [0, 0.05) is 12.1 Å². The summed E-state index contributed by atoms with van der Waals surface area (Å²) in [6.45, 7) is 0.702. The first-order valence-electron chi connectivity index (χ1n) is 5.90. The number of pyridine rings is 1. The molecule has 1 N–H and O–H groups in total. The molecule has 0 atom stereocenters. The van der Waals surface area contributed by atoms with Crippen LogP contribution in [0.15, 0.2) is 12.1 Å². The van der Waals surface area contributed by atoms with Crippen LogP contribution in [0.1, 0.15) is 17.5 Å². The van der Waals surface area contributed by atoms with Crippen LogP contribution in [-0.2, 0) is 14.3 Å². The van der Waals surface area contributed by atoms with Gasteiger partial charge in [0.05, 0.1) is 25.9 Å². The molecule has 0 amide bonds. The molecule has 0 aliphatic carbocycles. The summed E-state index contributed by atoms with van der Waals surface area (Å²) in [6, 6.07) is 1.32. The van der Waals surface area contributed by atoms with Gasteiger partial charge in [0.25, 0.3) is 5.69 Å². The summed E-state index contributed by atoms with van der Waals surface area (Å²) in [6.07, 6.45) is 1.03. The lowest BCUT2D eigenvalue weighted by Crippen LogP contribution is -2.08. The number of nitro groups is 1. The highest BCUT2D eigenvalue weighted by atomic mass is 16.7. The Morgan fingerprint density at radius 3 is 2.76 bits per heavy atom. The number of aromatic nitrogens is 1. The number of carboxylic acid groups (broad SMARTS) is 1. The number of carboxylic acids is 1. The maximum Gasteiger partial charge on any atom is 0.371 e. The van der Waals surface area contributed by atoms with Gasteiger partial charge in [-0.25, -0.2) is 4.79 Å². The summed E-state index contributed by atoms with van der Waals surface area (Å²) in [7, 11) is 1.37. The lowest BCUT2D eigenvalue weighted by Gasteiger charge is -2.10. The first-order chi connectivity index (χ1) is 10.0. The van der Waals surface area contributed by atoms with Crippen LogP contribution in [-0.4, -0.2) is 41.3 Å². The summed E-state index contributed by atoms with van der Waals surface area (Å²) >= 11 is 0. The summed E-state index contributed by atoms with van der Waals surface area (Å²) in [5, 5.41) is 19.7. The first kappa shape index (κ1) is 14.9. The van der Waals surface area contributed by atoms with Gasteiger partial charge in [0.15, 0.2) is 5.75 Å². The Kier molecular flexibility index (Phi) is 4.45. The summed E-state index contributed by atoms with van der Waals surface area (Å²) in [4.78, 5) is 24.8. The molecule has 0 saturated carbocycles. The Morgan fingerprint density at radius 1 is 1.57 bits per heavy atom. The van der Waals surface area contributed by atoms with Crippen molar-refractivity contribution in [2.75, 3.05) is 20.3 Å². The molecule has 1 fully saturated rings. The molecular formula is C12H12N2O7. The fourth-order valence-corrected chi connectivity index (χ4v) is 1.79. The zero-order valence-corrected chi connectivity index (χ0v) is 11.0. The van der Waals surface area contributed by atoms with Crippen LogP contribution in [0.3, 0.4) is 0 Å². The van der Waals surface area contributed by atoms with E-state index < -0.39 is 23.0 Å². The van der Waals surface area contributed by atoms with Crippen LogP contribution >= 0.6 is 0 Å². The number of hydrogen-bond donors (Lipinski definition) is 1. The maximum absolute atomic E-state index is 11.1. The smallest absolute Gasteiger partial charge is 0.371 e. The minimum absolute atomic E-state index is 0.0148. The van der Waals surface area contributed by atoms with Crippen LogP contribution < -0.4 is 4.74 Å². The molecule has 0 unspecified atom stereocenters. The number of rotatable bonds is 5. The van der Waals surface area contributed by atoms with E-state index in [0.29, 0.717) is 13.2 Å². The molecule has 112 valence electrons. The number of methoxy groups -OCH3 is 1. The average molecular weight is 296 g/mol. The van der Waals surface area contributed by atoms with E-state index in [9.17, 15) is 14.9 Å². The normalized spacial score (nSPS) is 15.5. The van der Waals surface area contributed by atoms with Crippen molar-refractivity contribution in [2.45, 2.75) is 6.29 Å². The third-order valence-electron chi connectivity index (χ3n) is 2.67. The lowest BCUT2D eigenvalue weighted by atomic mass is 10.2. The van der Waals surface area contributed by atoms with Crippen LogP contribution in [0.25, 0.3) is 6.08 Å². The van der Waals surface area contributed by atoms with Gasteiger partial charge in [0.2, 0.25) is 6.29 Å². The molecule has 0 radical (unpaired) electrons. The topological polar surface area (TPSA) is 121 Å². The second kappa shape index (κ2) is 6.29. The van der Waals surface area contributed by atoms with E-state index in [-0.39, 0.29) is 17.0 Å². The third-order valence-corrected chi connectivity index (χ3v) is 2.67. The molecule has 1 aliphatic rings. The summed E-state index contributed by atoms with van der Waals surface area (Å²) in [5.74, 6) is -1.50. The molecular weight excluding hydrogens is 284 g/mol. The van der Waals surface area contributed by atoms with Crippen molar-refractivity contribution >= 4 is 17.9 Å². The van der Waals surface area contributed by atoms with E-state index in [0.717, 1.165) is 12.2 Å². The first-order valence-corrected chi connectivity index (χ1v) is 5.90. The van der Waals surface area contributed by atoms with Gasteiger partial charge in [-0.2, -0.15) is 0 Å². The number of carbonyl (C=O) groups is 1. The molecule has 1 saturated heterocycles. The van der Waals surface area contributed by atoms with Crippen molar-refractivity contribution in [3.05, 3.63) is 33.5 Å². The van der Waals surface area contributed by atoms with E-state index in [2.05, 4.69) is 4.98 Å². The Bertz CT molecular complexity index is 594. The highest BCUT2D eigenvalue weighted by molar-refractivity contribution is 5.86. The van der Waals surface area contributed by atoms with E-state index in [4.69, 9.17) is 19.3 Å². The van der Waals surface area contributed by atoms with Crippen LogP contribution in [0.5, 0.6) is 5.75 Å². The fourth-order valence-electron chi connectivity index (χ4n) is 1.79. The zero-order chi connectivity index (χ0) is 15.4. The molecule has 0 spiro atoms. The highest BCUT2D eigenvalue weighted by Crippen LogP contribution is 2.33. The summed E-state index contributed by atoms with van der Waals surface area (Å²) < 4.78 is 15.6. The van der Waals surface area contributed by atoms with E-state index >= 15 is 0 Å². The highest BCUT2D eigenvalue weighted by Gasteiger charge is 2.31. The lowest BCUT2D eigenvalue weighted by molar-refractivity contribution is -0.390. The molecule has 0 aromatic carbocycles. The molecule has 1 aliphatic heterocycles. The number of ether oxygens (including phenoxy) is 3. The standard InChI is InChI=1S/C12H12N2O7/c1-19-8-6-7(2-3-9(15)16)11(14(17)18)13-10(8)12-20-4-5-21-12/h2-3,6,12H,4-5H2,1H3,(H,15,16)/b3-2+. The minimum Gasteiger partial charge on any atom is -0.492 e. The Hall–Kier alpha value is -2.52. The van der Waals surface area contributed by atoms with Crippen molar-refractivity contribution in [1.29, 1.82) is 0 Å². The van der Waals surface area contributed by atoms with E-state index in [1.165, 1.54) is 13.2 Å². The predicted molar refractivity (Wildman–Crippen MR) is 68.8 cm³/mol. The number of aliphatic carboxylic acids is 1. The monoisotopic (exact) mass is 296 g/mol. The van der Waals surface area contributed by atoms with Gasteiger partial charge in [-0.3, -0.25) is 0 Å². The fraction of sp³-hybridized carbons (Fsp3) is 0.333. The molecule has 9 heteroatoms. The van der Waals surface area contributed by atoms with Crippen molar-refractivity contribution in [3.63, 3.8) is 0 Å². The van der Waals surface area contributed by atoms with Crippen LogP contribution in [0, 0.1) is 10.1 Å². The SMILES string of the molecule is COc1cc(/C=C/C(=O)O)c([N+](=O)[O-])nc1C1OCCO1. The van der Waals surface area contributed by atoms with Crippen molar-refractivity contribution in [2.24, 2.45) is 0 Å². The van der Waals surface area contributed by atoms with Gasteiger partial charge in [0.1, 0.15) is 0 Å². The zero-order valence-electron chi connectivity index (χ0n) is 11.0. The van der Waals surface area contributed by atoms with Gasteiger partial charge >= 0.3 is 11.8 Å². The number of nitrogens with zero attached hydrogens (tertiary/aromatic N) is 2. The van der Waals surface area contributed by atoms with Gasteiger partial charge in [-0.1, -0.05) is 0 Å². The molecule has 1 aromatic rings. The second-order valence-corrected chi connectivity index (χ2v) is 3.99. The molecule has 1 aromatic heterocycles. The van der Waals surface area contributed by atoms with E-state index in [1.54, 1.807) is 0 Å². The van der Waals surface area contributed by atoms with Gasteiger partial charge < -0.3 is 29.4 Å². The summed E-state index contributed by atoms with van der Waals surface area (Å²) in [5.41, 5.74) is 0.162. The quantitative estimate of drug-likeness (QED) is 0.487. The molecule has 0 bridgehead atoms. The van der Waals surface area contributed by atoms with E-state index in [1.807, 2.05) is 0 Å². The average Bonchev–Trinajstić information content (AvgIpc) is 2.97. The Morgan fingerprint density at radius 2 is 2.24 bits per heavy atom. The third kappa shape index (κ3) is 3.33. The second-order valence-electron chi connectivity index (χ2n) is 3.99. The maximum atomic E-state index is 11.1. The van der Waals surface area contributed by atoms with Crippen LogP contribution in [0.2, 0.25) is 0 Å². The minimum atomic E-state index is -1.23. The largest absolute Gasteiger partial charge is 0.492 e. The van der Waals surface area contributed by atoms with Gasteiger partial charge in [-0.15, -0.1) is 0 Å². The van der Waals surface area contributed by atoms with Crippen LogP contribution in [0.4, 0.5) is 5.82 Å². The molecule has 9 nitrogen and oxygen atoms in total. The predicted octanol–water partition coefficient (Wildman–Crippen LogP) is 1.14. The van der Waals surface area contributed by atoms with Crippen molar-refractivity contribution in [1.82, 2.24) is 4.98 Å². The number of hydrogen-bond acceptors (Lipinski definition) is 7. The molecule has 2 heterocycles. The van der Waals surface area contributed by atoms with Gasteiger partial charge in [-0.05, 0) is 16.0 Å². The molecule has 2 rings (SSSR count). The van der Waals surface area contributed by atoms with Crippen molar-refractivity contribution in [3.8, 4) is 5.75 Å². The Labute approximate surface area is 118 Å². The van der Waals surface area contributed by atoms with Crippen molar-refractivity contribution < 1.29 is 29.0 Å². The Balaban J connectivity index is 2.51. The molecule has 21 heavy (non-hydrogen) atoms.